The molecular formula is C18H17NO6. The highest BCUT2D eigenvalue weighted by molar-refractivity contribution is 5.73. The van der Waals surface area contributed by atoms with E-state index in [0.29, 0.717) is 30.3 Å². The van der Waals surface area contributed by atoms with E-state index >= 15 is 0 Å². The van der Waals surface area contributed by atoms with Gasteiger partial charge in [0.15, 0.2) is 11.5 Å². The lowest BCUT2D eigenvalue weighted by Crippen LogP contribution is -2.16. The van der Waals surface area contributed by atoms with E-state index in [0.717, 1.165) is 5.56 Å². The maximum absolute atomic E-state index is 12.2. The van der Waals surface area contributed by atoms with Crippen LogP contribution in [0.4, 0.5) is 5.69 Å². The molecule has 0 amide bonds. The van der Waals surface area contributed by atoms with E-state index in [1.165, 1.54) is 12.1 Å². The molecule has 0 aromatic heterocycles. The molecule has 0 aliphatic carbocycles. The highest BCUT2D eigenvalue weighted by Crippen LogP contribution is 2.31. The fourth-order valence-corrected chi connectivity index (χ4v) is 2.56. The molecule has 25 heavy (non-hydrogen) atoms. The minimum Gasteiger partial charge on any atom is -0.486 e. The standard InChI is InChI=1S/C18H17NO6/c1-12(14-3-2-4-15(11-14)19(21)22)25-18(20)10-13-5-6-16-17(9-13)24-8-7-23-16/h2-6,9,11-12H,7-8,10H2,1H3/t12-/m1/s1. The van der Waals surface area contributed by atoms with E-state index in [1.807, 2.05) is 0 Å². The molecule has 0 bridgehead atoms. The minimum absolute atomic E-state index is 0.0350. The summed E-state index contributed by atoms with van der Waals surface area (Å²) in [7, 11) is 0. The third kappa shape index (κ3) is 4.06. The van der Waals surface area contributed by atoms with Crippen molar-refractivity contribution in [3.63, 3.8) is 0 Å². The Morgan fingerprint density at radius 1 is 1.20 bits per heavy atom. The molecule has 1 aliphatic rings. The Labute approximate surface area is 144 Å². The van der Waals surface area contributed by atoms with Crippen molar-refractivity contribution >= 4 is 11.7 Å². The van der Waals surface area contributed by atoms with Crippen molar-refractivity contribution in [3.8, 4) is 11.5 Å². The van der Waals surface area contributed by atoms with Crippen molar-refractivity contribution in [3.05, 3.63) is 63.7 Å². The number of esters is 1. The van der Waals surface area contributed by atoms with Gasteiger partial charge in [-0.15, -0.1) is 0 Å². The van der Waals surface area contributed by atoms with Gasteiger partial charge < -0.3 is 14.2 Å². The third-order valence-electron chi connectivity index (χ3n) is 3.81. The zero-order chi connectivity index (χ0) is 17.8. The molecule has 2 aromatic carbocycles. The number of non-ortho nitro benzene ring substituents is 1. The van der Waals surface area contributed by atoms with Crippen LogP contribution in [0.2, 0.25) is 0 Å². The van der Waals surface area contributed by atoms with E-state index in [1.54, 1.807) is 37.3 Å². The number of nitro benzene ring substituents is 1. The molecular weight excluding hydrogens is 326 g/mol. The van der Waals surface area contributed by atoms with Crippen LogP contribution in [0.1, 0.15) is 24.2 Å². The molecule has 3 rings (SSSR count). The largest absolute Gasteiger partial charge is 0.486 e. The highest BCUT2D eigenvalue weighted by Gasteiger charge is 2.17. The van der Waals surface area contributed by atoms with Crippen LogP contribution in [0.3, 0.4) is 0 Å². The maximum Gasteiger partial charge on any atom is 0.310 e. The van der Waals surface area contributed by atoms with E-state index < -0.39 is 17.0 Å². The molecule has 0 saturated heterocycles. The SMILES string of the molecule is C[C@@H](OC(=O)Cc1ccc2c(c1)OCCO2)c1cccc([N+](=O)[O-])c1. The summed E-state index contributed by atoms with van der Waals surface area (Å²) in [6.45, 7) is 2.67. The van der Waals surface area contributed by atoms with Crippen molar-refractivity contribution < 1.29 is 23.9 Å². The van der Waals surface area contributed by atoms with E-state index in [9.17, 15) is 14.9 Å². The van der Waals surface area contributed by atoms with E-state index in [4.69, 9.17) is 14.2 Å². The first kappa shape index (κ1) is 16.8. The average Bonchev–Trinajstić information content (AvgIpc) is 2.61. The number of fused-ring (bicyclic) bond motifs is 1. The number of carbonyl (C=O) groups is 1. The molecule has 7 heteroatoms. The van der Waals surface area contributed by atoms with Crippen molar-refractivity contribution in [2.75, 3.05) is 13.2 Å². The van der Waals surface area contributed by atoms with Gasteiger partial charge in [0.05, 0.1) is 11.3 Å². The average molecular weight is 343 g/mol. The van der Waals surface area contributed by atoms with Crippen LogP contribution in [-0.2, 0) is 16.0 Å². The molecule has 1 aliphatic heterocycles. The van der Waals surface area contributed by atoms with Gasteiger partial charge in [-0.05, 0) is 30.2 Å². The summed E-state index contributed by atoms with van der Waals surface area (Å²) in [5.41, 5.74) is 1.29. The van der Waals surface area contributed by atoms with Crippen LogP contribution in [-0.4, -0.2) is 24.1 Å². The number of benzene rings is 2. The van der Waals surface area contributed by atoms with Gasteiger partial charge in [0, 0.05) is 12.1 Å². The van der Waals surface area contributed by atoms with Crippen LogP contribution in [0.25, 0.3) is 0 Å². The monoisotopic (exact) mass is 343 g/mol. The summed E-state index contributed by atoms with van der Waals surface area (Å²) in [6.07, 6.45) is -0.500. The topological polar surface area (TPSA) is 87.9 Å². The molecule has 7 nitrogen and oxygen atoms in total. The molecule has 0 unspecified atom stereocenters. The lowest BCUT2D eigenvalue weighted by atomic mass is 10.1. The highest BCUT2D eigenvalue weighted by atomic mass is 16.6. The van der Waals surface area contributed by atoms with Crippen molar-refractivity contribution in [2.24, 2.45) is 0 Å². The Morgan fingerprint density at radius 3 is 2.72 bits per heavy atom. The number of hydrogen-bond donors (Lipinski definition) is 0. The predicted octanol–water partition coefficient (Wildman–Crippen LogP) is 3.21. The van der Waals surface area contributed by atoms with Gasteiger partial charge in [-0.1, -0.05) is 18.2 Å². The van der Waals surface area contributed by atoms with Crippen LogP contribution >= 0.6 is 0 Å². The second-order valence-corrected chi connectivity index (χ2v) is 5.64. The molecule has 0 fully saturated rings. The molecule has 0 spiro atoms. The number of nitrogens with zero attached hydrogens (tertiary/aromatic N) is 1. The van der Waals surface area contributed by atoms with Gasteiger partial charge in [-0.3, -0.25) is 14.9 Å². The number of ether oxygens (including phenoxy) is 3. The first-order valence-corrected chi connectivity index (χ1v) is 7.85. The summed E-state index contributed by atoms with van der Waals surface area (Å²) >= 11 is 0. The normalized spacial score (nSPS) is 13.8. The van der Waals surface area contributed by atoms with Crippen LogP contribution in [0, 0.1) is 10.1 Å². The van der Waals surface area contributed by atoms with Crippen LogP contribution in [0.5, 0.6) is 11.5 Å². The van der Waals surface area contributed by atoms with Gasteiger partial charge in [0.25, 0.3) is 5.69 Å². The predicted molar refractivity (Wildman–Crippen MR) is 88.7 cm³/mol. The summed E-state index contributed by atoms with van der Waals surface area (Å²) in [5.74, 6) is 0.854. The Morgan fingerprint density at radius 2 is 1.96 bits per heavy atom. The Balaban J connectivity index is 1.64. The number of nitro groups is 1. The Hall–Kier alpha value is -3.09. The molecule has 1 heterocycles. The van der Waals surface area contributed by atoms with Crippen LogP contribution in [0.15, 0.2) is 42.5 Å². The summed E-state index contributed by atoms with van der Waals surface area (Å²) in [5, 5.41) is 10.8. The van der Waals surface area contributed by atoms with Gasteiger partial charge in [-0.2, -0.15) is 0 Å². The third-order valence-corrected chi connectivity index (χ3v) is 3.81. The van der Waals surface area contributed by atoms with Gasteiger partial charge in [-0.25, -0.2) is 0 Å². The Kier molecular flexibility index (Phi) is 4.83. The lowest BCUT2D eigenvalue weighted by Gasteiger charge is -2.19. The molecule has 1 atom stereocenters. The molecule has 0 N–H and O–H groups in total. The van der Waals surface area contributed by atoms with Gasteiger partial charge >= 0.3 is 5.97 Å². The molecule has 0 saturated carbocycles. The first-order chi connectivity index (χ1) is 12.0. The second-order valence-electron chi connectivity index (χ2n) is 5.64. The van der Waals surface area contributed by atoms with E-state index in [2.05, 4.69) is 0 Å². The quantitative estimate of drug-likeness (QED) is 0.470. The zero-order valence-electron chi connectivity index (χ0n) is 13.6. The molecule has 130 valence electrons. The number of rotatable bonds is 5. The van der Waals surface area contributed by atoms with E-state index in [-0.39, 0.29) is 12.1 Å². The smallest absolute Gasteiger partial charge is 0.310 e. The lowest BCUT2D eigenvalue weighted by molar-refractivity contribution is -0.385. The summed E-state index contributed by atoms with van der Waals surface area (Å²) < 4.78 is 16.3. The van der Waals surface area contributed by atoms with Crippen molar-refractivity contribution in [1.29, 1.82) is 0 Å². The molecule has 2 aromatic rings. The first-order valence-electron chi connectivity index (χ1n) is 7.85. The summed E-state index contributed by atoms with van der Waals surface area (Å²) in [6, 6.07) is 11.4. The number of hydrogen-bond acceptors (Lipinski definition) is 6. The van der Waals surface area contributed by atoms with Gasteiger partial charge in [0.1, 0.15) is 19.3 Å². The Bertz CT molecular complexity index is 804. The van der Waals surface area contributed by atoms with Crippen molar-refractivity contribution in [2.45, 2.75) is 19.4 Å². The fraction of sp³-hybridized carbons (Fsp3) is 0.278. The van der Waals surface area contributed by atoms with Crippen LogP contribution < -0.4 is 9.47 Å². The maximum atomic E-state index is 12.2. The minimum atomic E-state index is -0.579. The zero-order valence-corrected chi connectivity index (χ0v) is 13.6. The molecule has 0 radical (unpaired) electrons. The van der Waals surface area contributed by atoms with Gasteiger partial charge in [0.2, 0.25) is 0 Å². The van der Waals surface area contributed by atoms with Crippen molar-refractivity contribution in [1.82, 2.24) is 0 Å². The second kappa shape index (κ2) is 7.21. The number of carbonyl (C=O) groups excluding carboxylic acids is 1. The fourth-order valence-electron chi connectivity index (χ4n) is 2.56. The summed E-state index contributed by atoms with van der Waals surface area (Å²) in [4.78, 5) is 22.5.